The first-order valence-corrected chi connectivity index (χ1v) is 4.12. The van der Waals surface area contributed by atoms with Crippen LogP contribution in [0.1, 0.15) is 6.92 Å². The second kappa shape index (κ2) is 5.65. The Bertz CT molecular complexity index is 346. The summed E-state index contributed by atoms with van der Waals surface area (Å²) in [6.07, 6.45) is 2.20. The van der Waals surface area contributed by atoms with Gasteiger partial charge >= 0.3 is 5.97 Å². The smallest absolute Gasteiger partial charge is 0.358 e. The minimum absolute atomic E-state index is 0.126. The maximum atomic E-state index is 10.9. The molecule has 0 unspecified atom stereocenters. The van der Waals surface area contributed by atoms with E-state index in [1.54, 1.807) is 19.1 Å². The Balaban J connectivity index is 2.33. The highest BCUT2D eigenvalue weighted by atomic mass is 16.6. The quantitative estimate of drug-likeness (QED) is 0.536. The predicted octanol–water partition coefficient (Wildman–Crippen LogP) is 1.59. The SMILES string of the molecule is CC#COC(=O)COc1ccccc1. The molecule has 0 heterocycles. The van der Waals surface area contributed by atoms with Crippen LogP contribution in [0.3, 0.4) is 0 Å². The molecule has 0 aromatic heterocycles. The van der Waals surface area contributed by atoms with E-state index in [0.29, 0.717) is 5.75 Å². The van der Waals surface area contributed by atoms with Crippen molar-refractivity contribution in [1.29, 1.82) is 0 Å². The number of ether oxygens (including phenoxy) is 2. The predicted molar refractivity (Wildman–Crippen MR) is 51.5 cm³/mol. The Labute approximate surface area is 82.6 Å². The van der Waals surface area contributed by atoms with E-state index in [9.17, 15) is 4.79 Å². The molecular formula is C11H10O3. The number of hydrogen-bond donors (Lipinski definition) is 0. The molecule has 3 heteroatoms. The van der Waals surface area contributed by atoms with E-state index in [1.807, 2.05) is 18.2 Å². The lowest BCUT2D eigenvalue weighted by molar-refractivity contribution is -0.139. The molecule has 0 aliphatic carbocycles. The summed E-state index contributed by atoms with van der Waals surface area (Å²) in [6, 6.07) is 9.05. The largest absolute Gasteiger partial charge is 0.482 e. The molecule has 72 valence electrons. The van der Waals surface area contributed by atoms with Crippen LogP contribution in [0.25, 0.3) is 0 Å². The number of carbonyl (C=O) groups excluding carboxylic acids is 1. The van der Waals surface area contributed by atoms with E-state index in [1.165, 1.54) is 0 Å². The van der Waals surface area contributed by atoms with Crippen LogP contribution in [0, 0.1) is 12.0 Å². The van der Waals surface area contributed by atoms with Crippen LogP contribution in [-0.2, 0) is 9.53 Å². The zero-order valence-corrected chi connectivity index (χ0v) is 7.82. The van der Waals surface area contributed by atoms with E-state index in [2.05, 4.69) is 16.8 Å². The maximum absolute atomic E-state index is 10.9. The Morgan fingerprint density at radius 3 is 2.71 bits per heavy atom. The van der Waals surface area contributed by atoms with Crippen LogP contribution in [0.5, 0.6) is 5.75 Å². The van der Waals surface area contributed by atoms with Gasteiger partial charge in [-0.3, -0.25) is 0 Å². The fourth-order valence-corrected chi connectivity index (χ4v) is 0.796. The first kappa shape index (κ1) is 10.1. The molecule has 0 radical (unpaired) electrons. The van der Waals surface area contributed by atoms with E-state index < -0.39 is 5.97 Å². The van der Waals surface area contributed by atoms with Crippen LogP contribution in [0.15, 0.2) is 30.3 Å². The third-order valence-corrected chi connectivity index (χ3v) is 1.37. The highest BCUT2D eigenvalue weighted by Crippen LogP contribution is 2.07. The van der Waals surface area contributed by atoms with Crippen molar-refractivity contribution in [2.24, 2.45) is 0 Å². The van der Waals surface area contributed by atoms with Gasteiger partial charge in [-0.15, -0.1) is 0 Å². The van der Waals surface area contributed by atoms with Crippen molar-refractivity contribution < 1.29 is 14.3 Å². The molecule has 0 amide bonds. The summed E-state index contributed by atoms with van der Waals surface area (Å²) in [7, 11) is 0. The molecule has 1 aromatic rings. The number of benzene rings is 1. The third kappa shape index (κ3) is 3.63. The molecule has 0 fully saturated rings. The van der Waals surface area contributed by atoms with Crippen molar-refractivity contribution >= 4 is 5.97 Å². The minimum Gasteiger partial charge on any atom is -0.482 e. The highest BCUT2D eigenvalue weighted by Gasteiger charge is 2.01. The van der Waals surface area contributed by atoms with Crippen molar-refractivity contribution in [3.63, 3.8) is 0 Å². The van der Waals surface area contributed by atoms with Gasteiger partial charge in [0.15, 0.2) is 6.61 Å². The Morgan fingerprint density at radius 2 is 2.07 bits per heavy atom. The van der Waals surface area contributed by atoms with E-state index in [0.717, 1.165) is 0 Å². The average molecular weight is 190 g/mol. The van der Waals surface area contributed by atoms with Gasteiger partial charge in [0.25, 0.3) is 0 Å². The van der Waals surface area contributed by atoms with Gasteiger partial charge < -0.3 is 9.47 Å². The molecule has 1 rings (SSSR count). The molecule has 3 nitrogen and oxygen atoms in total. The summed E-state index contributed by atoms with van der Waals surface area (Å²) in [5.74, 6) is 2.58. The van der Waals surface area contributed by atoms with Gasteiger partial charge in [0, 0.05) is 6.92 Å². The Hall–Kier alpha value is -1.95. The summed E-state index contributed by atoms with van der Waals surface area (Å²) < 4.78 is 9.61. The Morgan fingerprint density at radius 1 is 1.36 bits per heavy atom. The summed E-state index contributed by atoms with van der Waals surface area (Å²) in [5.41, 5.74) is 0. The minimum atomic E-state index is -0.497. The van der Waals surface area contributed by atoms with Crippen molar-refractivity contribution in [2.75, 3.05) is 6.61 Å². The topological polar surface area (TPSA) is 35.5 Å². The molecule has 14 heavy (non-hydrogen) atoms. The van der Waals surface area contributed by atoms with Crippen molar-refractivity contribution in [1.82, 2.24) is 0 Å². The number of rotatable bonds is 3. The van der Waals surface area contributed by atoms with Gasteiger partial charge in [-0.1, -0.05) is 24.1 Å². The zero-order chi connectivity index (χ0) is 10.2. The molecule has 1 aromatic carbocycles. The molecular weight excluding hydrogens is 180 g/mol. The van der Waals surface area contributed by atoms with Gasteiger partial charge in [0.05, 0.1) is 0 Å². The first-order chi connectivity index (χ1) is 6.83. The number of esters is 1. The molecule has 0 bridgehead atoms. The second-order valence-corrected chi connectivity index (χ2v) is 2.43. The number of hydrogen-bond acceptors (Lipinski definition) is 3. The molecule has 0 saturated carbocycles. The summed E-state index contributed by atoms with van der Waals surface area (Å²) in [5, 5.41) is 0. The van der Waals surface area contributed by atoms with Gasteiger partial charge in [-0.05, 0) is 12.1 Å². The van der Waals surface area contributed by atoms with E-state index >= 15 is 0 Å². The van der Waals surface area contributed by atoms with Gasteiger partial charge in [0.2, 0.25) is 0 Å². The fourth-order valence-electron chi connectivity index (χ4n) is 0.796. The molecule has 0 spiro atoms. The van der Waals surface area contributed by atoms with E-state index in [4.69, 9.17) is 4.74 Å². The van der Waals surface area contributed by atoms with Gasteiger partial charge in [-0.25, -0.2) is 4.79 Å². The summed E-state index contributed by atoms with van der Waals surface area (Å²) in [6.45, 7) is 1.46. The third-order valence-electron chi connectivity index (χ3n) is 1.37. The van der Waals surface area contributed by atoms with Crippen LogP contribution in [-0.4, -0.2) is 12.6 Å². The molecule has 0 saturated heterocycles. The fraction of sp³-hybridized carbons (Fsp3) is 0.182. The zero-order valence-electron chi connectivity index (χ0n) is 7.82. The highest BCUT2D eigenvalue weighted by molar-refractivity contribution is 5.72. The number of carbonyl (C=O) groups is 1. The normalized spacial score (nSPS) is 8.36. The summed E-state index contributed by atoms with van der Waals surface area (Å²) in [4.78, 5) is 10.9. The lowest BCUT2D eigenvalue weighted by atomic mass is 10.3. The van der Waals surface area contributed by atoms with Crippen molar-refractivity contribution in [3.05, 3.63) is 30.3 Å². The molecule has 0 aliphatic rings. The monoisotopic (exact) mass is 190 g/mol. The van der Waals surface area contributed by atoms with Gasteiger partial charge in [0.1, 0.15) is 11.9 Å². The Kier molecular flexibility index (Phi) is 4.09. The van der Waals surface area contributed by atoms with Crippen LogP contribution in [0.4, 0.5) is 0 Å². The van der Waals surface area contributed by atoms with Gasteiger partial charge in [-0.2, -0.15) is 0 Å². The molecule has 0 atom stereocenters. The lowest BCUT2D eigenvalue weighted by Crippen LogP contribution is -2.12. The molecule has 0 aliphatic heterocycles. The standard InChI is InChI=1S/C11H10O3/c1-2-8-13-11(12)9-14-10-6-4-3-5-7-10/h3-7H,9H2,1H3. The maximum Gasteiger partial charge on any atom is 0.358 e. The molecule has 0 N–H and O–H groups in total. The van der Waals surface area contributed by atoms with E-state index in [-0.39, 0.29) is 6.61 Å². The van der Waals surface area contributed by atoms with Crippen molar-refractivity contribution in [3.8, 4) is 17.8 Å². The summed E-state index contributed by atoms with van der Waals surface area (Å²) >= 11 is 0. The average Bonchev–Trinajstić information content (AvgIpc) is 2.25. The van der Waals surface area contributed by atoms with Crippen LogP contribution < -0.4 is 4.74 Å². The van der Waals surface area contributed by atoms with Crippen LogP contribution in [0.2, 0.25) is 0 Å². The van der Waals surface area contributed by atoms with Crippen molar-refractivity contribution in [2.45, 2.75) is 6.92 Å². The first-order valence-electron chi connectivity index (χ1n) is 4.12. The number of para-hydroxylation sites is 1. The lowest BCUT2D eigenvalue weighted by Gasteiger charge is -2.02. The second-order valence-electron chi connectivity index (χ2n) is 2.43. The van der Waals surface area contributed by atoms with Crippen LogP contribution >= 0.6 is 0 Å².